The number of carbonyl (C=O) groups is 2. The summed E-state index contributed by atoms with van der Waals surface area (Å²) in [6.45, 7) is 2.82. The van der Waals surface area contributed by atoms with Crippen LogP contribution in [0.15, 0.2) is 36.5 Å². The first-order valence-corrected chi connectivity index (χ1v) is 7.64. The number of morpholine rings is 1. The van der Waals surface area contributed by atoms with Gasteiger partial charge < -0.3 is 14.7 Å². The zero-order valence-corrected chi connectivity index (χ0v) is 13.2. The predicted molar refractivity (Wildman–Crippen MR) is 83.3 cm³/mol. The molecular weight excluding hydrogens is 312 g/mol. The number of benzene rings is 1. The number of hydrogen-bond acceptors (Lipinski definition) is 5. The fourth-order valence-electron chi connectivity index (χ4n) is 2.72. The van der Waals surface area contributed by atoms with Gasteiger partial charge in [-0.25, -0.2) is 9.48 Å². The molecule has 0 aliphatic carbocycles. The lowest BCUT2D eigenvalue weighted by Crippen LogP contribution is -2.47. The van der Waals surface area contributed by atoms with Crippen LogP contribution in [0.2, 0.25) is 0 Å². The van der Waals surface area contributed by atoms with Crippen molar-refractivity contribution in [1.29, 1.82) is 0 Å². The van der Waals surface area contributed by atoms with Crippen LogP contribution in [0.3, 0.4) is 0 Å². The number of carboxylic acid groups (broad SMARTS) is 1. The Morgan fingerprint density at radius 2 is 2.04 bits per heavy atom. The summed E-state index contributed by atoms with van der Waals surface area (Å²) < 4.78 is 7.17. The molecule has 8 nitrogen and oxygen atoms in total. The average molecular weight is 330 g/mol. The van der Waals surface area contributed by atoms with E-state index in [2.05, 4.69) is 10.3 Å². The Hall–Kier alpha value is -2.74. The quantitative estimate of drug-likeness (QED) is 0.897. The van der Waals surface area contributed by atoms with Crippen molar-refractivity contribution in [3.8, 4) is 0 Å². The SMILES string of the molecule is CC1CN(C(=O)Cn2cc(C(=O)O)nn2)CC(c2ccccc2)O1. The minimum absolute atomic E-state index is 0.0471. The van der Waals surface area contributed by atoms with Gasteiger partial charge in [-0.3, -0.25) is 4.79 Å². The van der Waals surface area contributed by atoms with Crippen LogP contribution in [-0.4, -0.2) is 56.1 Å². The van der Waals surface area contributed by atoms with Crippen LogP contribution in [0.1, 0.15) is 29.1 Å². The van der Waals surface area contributed by atoms with Crippen LogP contribution in [-0.2, 0) is 16.1 Å². The molecule has 0 bridgehead atoms. The molecule has 0 spiro atoms. The molecule has 1 aromatic carbocycles. The number of hydrogen-bond donors (Lipinski definition) is 1. The third kappa shape index (κ3) is 3.60. The Morgan fingerprint density at radius 3 is 2.71 bits per heavy atom. The van der Waals surface area contributed by atoms with E-state index in [-0.39, 0.29) is 30.4 Å². The van der Waals surface area contributed by atoms with Crippen molar-refractivity contribution in [2.24, 2.45) is 0 Å². The molecule has 1 amide bonds. The summed E-state index contributed by atoms with van der Waals surface area (Å²) in [5.41, 5.74) is 0.844. The van der Waals surface area contributed by atoms with Crippen molar-refractivity contribution < 1.29 is 19.4 Å². The number of aromatic carboxylic acids is 1. The van der Waals surface area contributed by atoms with E-state index in [4.69, 9.17) is 9.84 Å². The Kier molecular flexibility index (Phi) is 4.57. The third-order valence-corrected chi connectivity index (χ3v) is 3.84. The number of nitrogens with zero attached hydrogens (tertiary/aromatic N) is 4. The van der Waals surface area contributed by atoms with Gasteiger partial charge in [0.2, 0.25) is 5.91 Å². The Balaban J connectivity index is 1.68. The molecule has 1 saturated heterocycles. The molecule has 1 N–H and O–H groups in total. The Morgan fingerprint density at radius 1 is 1.29 bits per heavy atom. The molecule has 2 heterocycles. The highest BCUT2D eigenvalue weighted by atomic mass is 16.5. The molecular formula is C16H18N4O4. The minimum Gasteiger partial charge on any atom is -0.476 e. The summed E-state index contributed by atoms with van der Waals surface area (Å²) in [5, 5.41) is 16.0. The molecule has 0 radical (unpaired) electrons. The molecule has 2 aromatic rings. The minimum atomic E-state index is -1.17. The molecule has 1 aromatic heterocycles. The summed E-state index contributed by atoms with van der Waals surface area (Å²) in [6.07, 6.45) is 0.987. The number of rotatable bonds is 4. The first kappa shape index (κ1) is 16.1. The van der Waals surface area contributed by atoms with Crippen molar-refractivity contribution in [2.75, 3.05) is 13.1 Å². The molecule has 24 heavy (non-hydrogen) atoms. The van der Waals surface area contributed by atoms with Gasteiger partial charge in [0, 0.05) is 6.54 Å². The van der Waals surface area contributed by atoms with Crippen molar-refractivity contribution >= 4 is 11.9 Å². The van der Waals surface area contributed by atoms with Gasteiger partial charge in [0.05, 0.1) is 18.8 Å². The van der Waals surface area contributed by atoms with Gasteiger partial charge in [0.15, 0.2) is 5.69 Å². The van der Waals surface area contributed by atoms with Crippen molar-refractivity contribution in [2.45, 2.75) is 25.7 Å². The molecule has 3 rings (SSSR count). The summed E-state index contributed by atoms with van der Waals surface area (Å²) in [5.74, 6) is -1.31. The van der Waals surface area contributed by atoms with E-state index < -0.39 is 5.97 Å². The van der Waals surface area contributed by atoms with E-state index in [9.17, 15) is 9.59 Å². The molecule has 1 aliphatic rings. The van der Waals surface area contributed by atoms with Crippen LogP contribution in [0.5, 0.6) is 0 Å². The lowest BCUT2D eigenvalue weighted by molar-refractivity contribution is -0.145. The van der Waals surface area contributed by atoms with E-state index in [1.54, 1.807) is 4.90 Å². The molecule has 1 aliphatic heterocycles. The van der Waals surface area contributed by atoms with Crippen LogP contribution in [0.4, 0.5) is 0 Å². The second kappa shape index (κ2) is 6.79. The number of carboxylic acids is 1. The molecule has 1 fully saturated rings. The molecule has 126 valence electrons. The van der Waals surface area contributed by atoms with Gasteiger partial charge in [-0.05, 0) is 12.5 Å². The smallest absolute Gasteiger partial charge is 0.358 e. The number of aromatic nitrogens is 3. The zero-order chi connectivity index (χ0) is 17.1. The number of ether oxygens (including phenoxy) is 1. The first-order chi connectivity index (χ1) is 11.5. The molecule has 2 unspecified atom stereocenters. The van der Waals surface area contributed by atoms with E-state index in [0.29, 0.717) is 13.1 Å². The fraction of sp³-hybridized carbons (Fsp3) is 0.375. The third-order valence-electron chi connectivity index (χ3n) is 3.84. The van der Waals surface area contributed by atoms with Gasteiger partial charge in [0.25, 0.3) is 0 Å². The first-order valence-electron chi connectivity index (χ1n) is 7.64. The highest BCUT2D eigenvalue weighted by Gasteiger charge is 2.29. The molecule has 0 saturated carbocycles. The van der Waals surface area contributed by atoms with Crippen LogP contribution in [0.25, 0.3) is 0 Å². The Labute approximate surface area is 138 Å². The maximum Gasteiger partial charge on any atom is 0.358 e. The zero-order valence-electron chi connectivity index (χ0n) is 13.2. The van der Waals surface area contributed by atoms with Crippen LogP contribution in [0, 0.1) is 0 Å². The summed E-state index contributed by atoms with van der Waals surface area (Å²) in [4.78, 5) is 25.0. The molecule has 2 atom stereocenters. The van der Waals surface area contributed by atoms with E-state index in [1.807, 2.05) is 37.3 Å². The highest BCUT2D eigenvalue weighted by molar-refractivity contribution is 5.84. The largest absolute Gasteiger partial charge is 0.476 e. The predicted octanol–water partition coefficient (Wildman–Crippen LogP) is 0.965. The monoisotopic (exact) mass is 330 g/mol. The summed E-state index contributed by atoms with van der Waals surface area (Å²) >= 11 is 0. The van der Waals surface area contributed by atoms with Gasteiger partial charge >= 0.3 is 5.97 Å². The van der Waals surface area contributed by atoms with Crippen molar-refractivity contribution in [3.63, 3.8) is 0 Å². The maximum absolute atomic E-state index is 12.5. The summed E-state index contributed by atoms with van der Waals surface area (Å²) in [6, 6.07) is 9.76. The van der Waals surface area contributed by atoms with Crippen LogP contribution < -0.4 is 0 Å². The Bertz CT molecular complexity index is 731. The van der Waals surface area contributed by atoms with E-state index in [0.717, 1.165) is 5.56 Å². The van der Waals surface area contributed by atoms with E-state index >= 15 is 0 Å². The standard InChI is InChI=1S/C16H18N4O4/c1-11-7-19(9-14(24-11)12-5-3-2-4-6-12)15(21)10-20-8-13(16(22)23)17-18-20/h2-6,8,11,14H,7,9-10H2,1H3,(H,22,23). The van der Waals surface area contributed by atoms with Crippen molar-refractivity contribution in [3.05, 3.63) is 47.8 Å². The van der Waals surface area contributed by atoms with Gasteiger partial charge in [-0.15, -0.1) is 5.10 Å². The van der Waals surface area contributed by atoms with Crippen LogP contribution >= 0.6 is 0 Å². The van der Waals surface area contributed by atoms with Crippen molar-refractivity contribution in [1.82, 2.24) is 19.9 Å². The topological polar surface area (TPSA) is 97.6 Å². The van der Waals surface area contributed by atoms with E-state index in [1.165, 1.54) is 10.9 Å². The molecule has 8 heteroatoms. The number of carbonyl (C=O) groups excluding carboxylic acids is 1. The lowest BCUT2D eigenvalue weighted by Gasteiger charge is -2.37. The van der Waals surface area contributed by atoms with Gasteiger partial charge in [-0.2, -0.15) is 0 Å². The second-order valence-corrected chi connectivity index (χ2v) is 5.75. The normalized spacial score (nSPS) is 20.8. The van der Waals surface area contributed by atoms with Gasteiger partial charge in [-0.1, -0.05) is 35.5 Å². The number of amides is 1. The fourth-order valence-corrected chi connectivity index (χ4v) is 2.72. The second-order valence-electron chi connectivity index (χ2n) is 5.75. The average Bonchev–Trinajstić information content (AvgIpc) is 3.04. The highest BCUT2D eigenvalue weighted by Crippen LogP contribution is 2.25. The van der Waals surface area contributed by atoms with Gasteiger partial charge in [0.1, 0.15) is 12.6 Å². The maximum atomic E-state index is 12.5. The summed E-state index contributed by atoms with van der Waals surface area (Å²) in [7, 11) is 0. The lowest BCUT2D eigenvalue weighted by atomic mass is 10.1.